The second-order valence-corrected chi connectivity index (χ2v) is 6.83. The molecule has 2 nitrogen and oxygen atoms in total. The zero-order valence-electron chi connectivity index (χ0n) is 11.5. The Kier molecular flexibility index (Phi) is 6.90. The van der Waals surface area contributed by atoms with Gasteiger partial charge in [-0.3, -0.25) is 0 Å². The van der Waals surface area contributed by atoms with Gasteiger partial charge in [0.15, 0.2) is 0 Å². The second kappa shape index (κ2) is 7.65. The number of aliphatic hydroxyl groups excluding tert-OH is 1. The van der Waals surface area contributed by atoms with Crippen molar-refractivity contribution >= 4 is 11.8 Å². The van der Waals surface area contributed by atoms with Crippen molar-refractivity contribution in [3.8, 4) is 0 Å². The third kappa shape index (κ3) is 4.15. The highest BCUT2D eigenvalue weighted by molar-refractivity contribution is 7.99. The lowest BCUT2D eigenvalue weighted by atomic mass is 9.65. The molecule has 1 saturated carbocycles. The van der Waals surface area contributed by atoms with Gasteiger partial charge in [-0.2, -0.15) is 11.8 Å². The van der Waals surface area contributed by atoms with E-state index in [2.05, 4.69) is 13.8 Å². The number of aliphatic hydroxyl groups is 1. The van der Waals surface area contributed by atoms with Crippen LogP contribution in [0.2, 0.25) is 0 Å². The van der Waals surface area contributed by atoms with Gasteiger partial charge in [0.05, 0.1) is 6.10 Å². The van der Waals surface area contributed by atoms with E-state index in [4.69, 9.17) is 5.73 Å². The van der Waals surface area contributed by atoms with E-state index >= 15 is 0 Å². The predicted octanol–water partition coefficient (Wildman–Crippen LogP) is 3.04. The van der Waals surface area contributed by atoms with Crippen LogP contribution in [0.5, 0.6) is 0 Å². The third-order valence-corrected chi connectivity index (χ3v) is 5.35. The van der Waals surface area contributed by atoms with Crippen molar-refractivity contribution in [1.29, 1.82) is 0 Å². The van der Waals surface area contributed by atoms with E-state index in [1.54, 1.807) is 0 Å². The lowest BCUT2D eigenvalue weighted by Crippen LogP contribution is -2.45. The van der Waals surface area contributed by atoms with Crippen LogP contribution in [0.3, 0.4) is 0 Å². The van der Waals surface area contributed by atoms with Crippen LogP contribution in [0.1, 0.15) is 52.4 Å². The maximum Gasteiger partial charge on any atom is 0.0616 e. The Bertz CT molecular complexity index is 212. The largest absolute Gasteiger partial charge is 0.392 e. The highest BCUT2D eigenvalue weighted by atomic mass is 32.2. The molecule has 1 aliphatic rings. The first kappa shape index (κ1) is 15.3. The number of nitrogens with two attached hydrogens (primary N) is 1. The van der Waals surface area contributed by atoms with Gasteiger partial charge in [-0.25, -0.2) is 0 Å². The standard InChI is InChI=1S/C14H29NOS/c1-3-12-6-5-8-14(10-12,11-15)13(16)7-9-17-4-2/h12-13,16H,3-11,15H2,1-2H3. The summed E-state index contributed by atoms with van der Waals surface area (Å²) >= 11 is 1.92. The van der Waals surface area contributed by atoms with Crippen LogP contribution in [0.15, 0.2) is 0 Å². The molecule has 0 aromatic carbocycles. The quantitative estimate of drug-likeness (QED) is 0.691. The van der Waals surface area contributed by atoms with E-state index in [1.807, 2.05) is 11.8 Å². The Labute approximate surface area is 111 Å². The fourth-order valence-electron chi connectivity index (χ4n) is 3.14. The molecule has 0 aliphatic heterocycles. The number of hydrogen-bond acceptors (Lipinski definition) is 3. The molecule has 0 radical (unpaired) electrons. The van der Waals surface area contributed by atoms with Crippen LogP contribution < -0.4 is 5.73 Å². The molecular formula is C14H29NOS. The van der Waals surface area contributed by atoms with Crippen molar-refractivity contribution in [3.63, 3.8) is 0 Å². The van der Waals surface area contributed by atoms with Gasteiger partial charge in [0, 0.05) is 12.0 Å². The minimum atomic E-state index is -0.194. The second-order valence-electron chi connectivity index (χ2n) is 5.44. The fourth-order valence-corrected chi connectivity index (χ4v) is 3.82. The van der Waals surface area contributed by atoms with E-state index in [0.29, 0.717) is 6.54 Å². The molecule has 0 amide bonds. The molecule has 1 aliphatic carbocycles. The average molecular weight is 259 g/mol. The normalized spacial score (nSPS) is 31.4. The topological polar surface area (TPSA) is 46.2 Å². The Morgan fingerprint density at radius 2 is 2.24 bits per heavy atom. The zero-order chi connectivity index (χ0) is 12.7. The molecule has 0 aromatic rings. The van der Waals surface area contributed by atoms with Crippen LogP contribution in [0, 0.1) is 11.3 Å². The van der Waals surface area contributed by atoms with E-state index in [9.17, 15) is 5.11 Å². The van der Waals surface area contributed by atoms with Gasteiger partial charge in [-0.05, 0) is 36.7 Å². The van der Waals surface area contributed by atoms with Crippen LogP contribution in [-0.4, -0.2) is 29.3 Å². The third-order valence-electron chi connectivity index (χ3n) is 4.41. The first-order valence-corrected chi connectivity index (χ1v) is 8.30. The van der Waals surface area contributed by atoms with Crippen molar-refractivity contribution < 1.29 is 5.11 Å². The van der Waals surface area contributed by atoms with Crippen molar-refractivity contribution in [2.75, 3.05) is 18.1 Å². The maximum atomic E-state index is 10.5. The van der Waals surface area contributed by atoms with Crippen LogP contribution in [0.4, 0.5) is 0 Å². The predicted molar refractivity (Wildman–Crippen MR) is 77.4 cm³/mol. The van der Waals surface area contributed by atoms with Crippen LogP contribution in [-0.2, 0) is 0 Å². The summed E-state index contributed by atoms with van der Waals surface area (Å²) in [5.41, 5.74) is 6.01. The van der Waals surface area contributed by atoms with Gasteiger partial charge in [0.25, 0.3) is 0 Å². The zero-order valence-corrected chi connectivity index (χ0v) is 12.3. The number of hydrogen-bond donors (Lipinski definition) is 2. The lowest BCUT2D eigenvalue weighted by molar-refractivity contribution is -0.0154. The van der Waals surface area contributed by atoms with Gasteiger partial charge >= 0.3 is 0 Å². The first-order valence-electron chi connectivity index (χ1n) is 7.14. The minimum Gasteiger partial charge on any atom is -0.392 e. The molecule has 0 bridgehead atoms. The van der Waals surface area contributed by atoms with E-state index in [0.717, 1.165) is 36.7 Å². The summed E-state index contributed by atoms with van der Waals surface area (Å²) in [5, 5.41) is 10.5. The molecule has 0 spiro atoms. The fraction of sp³-hybridized carbons (Fsp3) is 1.00. The SMILES string of the molecule is CCSCCC(O)C1(CN)CCCC(CC)C1. The van der Waals surface area contributed by atoms with Gasteiger partial charge < -0.3 is 10.8 Å². The summed E-state index contributed by atoms with van der Waals surface area (Å²) < 4.78 is 0. The Hall–Kier alpha value is 0.270. The Morgan fingerprint density at radius 3 is 2.82 bits per heavy atom. The maximum absolute atomic E-state index is 10.5. The van der Waals surface area contributed by atoms with Crippen molar-refractivity contribution in [2.24, 2.45) is 17.1 Å². The first-order chi connectivity index (χ1) is 8.18. The minimum absolute atomic E-state index is 0.0211. The molecular weight excluding hydrogens is 230 g/mol. The van der Waals surface area contributed by atoms with Gasteiger partial charge in [-0.15, -0.1) is 0 Å². The lowest BCUT2D eigenvalue weighted by Gasteiger charge is -2.43. The number of thioether (sulfide) groups is 1. The molecule has 3 unspecified atom stereocenters. The monoisotopic (exact) mass is 259 g/mol. The van der Waals surface area contributed by atoms with Crippen LogP contribution in [0.25, 0.3) is 0 Å². The molecule has 3 N–H and O–H groups in total. The molecule has 0 saturated heterocycles. The molecule has 3 heteroatoms. The van der Waals surface area contributed by atoms with Gasteiger partial charge in [-0.1, -0.05) is 33.1 Å². The van der Waals surface area contributed by atoms with Gasteiger partial charge in [0.1, 0.15) is 0 Å². The van der Waals surface area contributed by atoms with Crippen molar-refractivity contribution in [1.82, 2.24) is 0 Å². The van der Waals surface area contributed by atoms with E-state index < -0.39 is 0 Å². The molecule has 1 fully saturated rings. The summed E-state index contributed by atoms with van der Waals surface area (Å²) in [6, 6.07) is 0. The molecule has 102 valence electrons. The molecule has 17 heavy (non-hydrogen) atoms. The molecule has 1 rings (SSSR count). The smallest absolute Gasteiger partial charge is 0.0616 e. The van der Waals surface area contributed by atoms with Gasteiger partial charge in [0.2, 0.25) is 0 Å². The Morgan fingerprint density at radius 1 is 1.47 bits per heavy atom. The summed E-state index contributed by atoms with van der Waals surface area (Å²) in [4.78, 5) is 0. The molecule has 0 heterocycles. The highest BCUT2D eigenvalue weighted by Crippen LogP contribution is 2.43. The molecule has 3 atom stereocenters. The van der Waals surface area contributed by atoms with E-state index in [1.165, 1.54) is 19.3 Å². The van der Waals surface area contributed by atoms with Crippen molar-refractivity contribution in [2.45, 2.75) is 58.5 Å². The molecule has 0 aromatic heterocycles. The highest BCUT2D eigenvalue weighted by Gasteiger charge is 2.40. The van der Waals surface area contributed by atoms with Crippen molar-refractivity contribution in [3.05, 3.63) is 0 Å². The summed E-state index contributed by atoms with van der Waals surface area (Å²) in [6.45, 7) is 5.08. The summed E-state index contributed by atoms with van der Waals surface area (Å²) in [6.07, 6.45) is 6.78. The average Bonchev–Trinajstić information content (AvgIpc) is 2.38. The summed E-state index contributed by atoms with van der Waals surface area (Å²) in [5.74, 6) is 2.98. The number of rotatable bonds is 7. The summed E-state index contributed by atoms with van der Waals surface area (Å²) in [7, 11) is 0. The van der Waals surface area contributed by atoms with Crippen LogP contribution >= 0.6 is 11.8 Å². The van der Waals surface area contributed by atoms with E-state index in [-0.39, 0.29) is 11.5 Å². The Balaban J connectivity index is 2.53.